The van der Waals surface area contributed by atoms with E-state index in [9.17, 15) is 0 Å². The summed E-state index contributed by atoms with van der Waals surface area (Å²) in [5, 5.41) is 18.5. The highest BCUT2D eigenvalue weighted by Gasteiger charge is 2.23. The summed E-state index contributed by atoms with van der Waals surface area (Å²) in [6.07, 6.45) is 0. The number of aromatic nitrogens is 4. The highest BCUT2D eigenvalue weighted by molar-refractivity contribution is 6.26. The molecule has 0 radical (unpaired) electrons. The quantitative estimate of drug-likeness (QED) is 0.127. The van der Waals surface area contributed by atoms with Crippen molar-refractivity contribution in [1.82, 2.24) is 18.4 Å². The summed E-state index contributed by atoms with van der Waals surface area (Å²) in [6, 6.07) is 83.6. The number of fused-ring (bicyclic) bond motifs is 13. The van der Waals surface area contributed by atoms with Crippen molar-refractivity contribution < 1.29 is 0 Å². The molecule has 0 spiro atoms. The molecule has 0 atom stereocenters. The molecule has 7 nitrogen and oxygen atoms in total. The van der Waals surface area contributed by atoms with E-state index < -0.39 is 0 Å². The third-order valence-electron chi connectivity index (χ3n) is 13.8. The van der Waals surface area contributed by atoms with Gasteiger partial charge >= 0.3 is 0 Å². The van der Waals surface area contributed by atoms with E-state index in [0.29, 0.717) is 5.84 Å². The van der Waals surface area contributed by atoms with Crippen molar-refractivity contribution in [2.75, 3.05) is 5.43 Å². The van der Waals surface area contributed by atoms with Gasteiger partial charge in [-0.15, -0.1) is 0 Å². The Bertz CT molecular complexity index is 4400. The minimum absolute atomic E-state index is 0.180. The summed E-state index contributed by atoms with van der Waals surface area (Å²) < 4.78 is 9.45. The number of nitrogens with one attached hydrogen (secondary N) is 2. The highest BCUT2D eigenvalue weighted by atomic mass is 15.4. The molecule has 14 rings (SSSR count). The molecule has 69 heavy (non-hydrogen) atoms. The number of nitrogens with zero attached hydrogens (tertiary/aromatic N) is 5. The first-order valence-electron chi connectivity index (χ1n) is 23.3. The Hall–Kier alpha value is -9.46. The molecule has 0 aliphatic rings. The first kappa shape index (κ1) is 38.8. The lowest BCUT2D eigenvalue weighted by Crippen LogP contribution is -2.25. The van der Waals surface area contributed by atoms with Gasteiger partial charge in [-0.2, -0.15) is 0 Å². The minimum Gasteiger partial charge on any atom is -0.309 e. The number of hydrogen-bond acceptors (Lipinski definition) is 1. The fourth-order valence-electron chi connectivity index (χ4n) is 10.9. The molecule has 0 amide bonds. The lowest BCUT2D eigenvalue weighted by molar-refractivity contribution is 1.08. The summed E-state index contributed by atoms with van der Waals surface area (Å²) in [4.78, 5) is 4.94. The van der Waals surface area contributed by atoms with Crippen LogP contribution in [-0.2, 0) is 0 Å². The zero-order chi connectivity index (χ0) is 45.6. The van der Waals surface area contributed by atoms with Gasteiger partial charge in [-0.1, -0.05) is 164 Å². The molecular weight excluding hydrogens is 843 g/mol. The van der Waals surface area contributed by atoms with Crippen LogP contribution in [0.2, 0.25) is 0 Å². The fourth-order valence-corrected chi connectivity index (χ4v) is 10.9. The Labute approximate surface area is 396 Å². The molecule has 324 valence electrons. The van der Waals surface area contributed by atoms with Gasteiger partial charge < -0.3 is 13.7 Å². The van der Waals surface area contributed by atoms with E-state index in [1.807, 2.05) is 60.7 Å². The van der Waals surface area contributed by atoms with E-state index in [1.165, 1.54) is 38.1 Å². The Morgan fingerprint density at radius 2 is 0.812 bits per heavy atom. The minimum atomic E-state index is 0.180. The van der Waals surface area contributed by atoms with Crippen LogP contribution in [0.4, 0.5) is 0 Å². The third-order valence-corrected chi connectivity index (χ3v) is 13.8. The third kappa shape index (κ3) is 5.94. The summed E-state index contributed by atoms with van der Waals surface area (Å²) in [7, 11) is 0. The molecular formula is C62H41N7. The van der Waals surface area contributed by atoms with Gasteiger partial charge in [-0.3, -0.25) is 15.5 Å². The molecule has 7 heteroatoms. The van der Waals surface area contributed by atoms with E-state index in [-0.39, 0.29) is 5.84 Å². The fraction of sp³-hybridized carbons (Fsp3) is 0. The zero-order valence-corrected chi connectivity index (χ0v) is 37.3. The number of aliphatic imine (C=N–C) groups is 1. The second-order valence-electron chi connectivity index (χ2n) is 17.7. The lowest BCUT2D eigenvalue weighted by atomic mass is 10.1. The summed E-state index contributed by atoms with van der Waals surface area (Å²) in [5.74, 6) is 0.762. The second-order valence-corrected chi connectivity index (χ2v) is 17.7. The number of benzene rings is 10. The van der Waals surface area contributed by atoms with Crippen LogP contribution < -0.4 is 5.43 Å². The van der Waals surface area contributed by atoms with Crippen LogP contribution in [-0.4, -0.2) is 30.0 Å². The standard InChI is InChI=1S/C62H41N7/c63-61(40-19-4-1-5-20-40)64-62(41-21-6-2-7-22-41)65-69-55-34-17-12-29-47(55)51-38-57-50(39-58(51)69)46-28-11-14-31-52(46)67(57)43-25-18-26-44(37-43)68-53-32-15-10-27-45(53)48-35-36-56-59(60(48)68)49-30-13-16-33-54(49)66(56)42-23-8-3-9-24-42/h1-39H,(H2,63,64,65). The Kier molecular flexibility index (Phi) is 8.60. The molecule has 0 unspecified atom stereocenters. The SMILES string of the molecule is N=C(N=C(Nn1c2ccccc2c2cc3c(cc21)c1ccccc1n3-c1cccc(-n2c3ccccc3c3ccc4c(c5ccccc5n4-c4ccccc4)c32)c1)c1ccccc1)c1ccccc1. The van der Waals surface area contributed by atoms with Crippen molar-refractivity contribution in [1.29, 1.82) is 5.41 Å². The highest BCUT2D eigenvalue weighted by Crippen LogP contribution is 2.43. The molecule has 14 aromatic rings. The summed E-state index contributed by atoms with van der Waals surface area (Å²) in [6.45, 7) is 0. The largest absolute Gasteiger partial charge is 0.309 e. The number of rotatable bonds is 6. The average molecular weight is 884 g/mol. The maximum absolute atomic E-state index is 9.05. The van der Waals surface area contributed by atoms with Gasteiger partial charge in [0.1, 0.15) is 0 Å². The van der Waals surface area contributed by atoms with Crippen molar-refractivity contribution >= 4 is 98.9 Å². The first-order valence-corrected chi connectivity index (χ1v) is 23.3. The molecule has 0 aliphatic heterocycles. The van der Waals surface area contributed by atoms with E-state index in [4.69, 9.17) is 10.4 Å². The Morgan fingerprint density at radius 3 is 1.51 bits per heavy atom. The first-order chi connectivity index (χ1) is 34.2. The van der Waals surface area contributed by atoms with Crippen molar-refractivity contribution in [2.45, 2.75) is 0 Å². The molecule has 0 saturated carbocycles. The maximum atomic E-state index is 9.05. The number of hydrogen-bond donors (Lipinski definition) is 2. The Balaban J connectivity index is 0.993. The monoisotopic (exact) mass is 883 g/mol. The second kappa shape index (κ2) is 15.3. The van der Waals surface area contributed by atoms with Crippen LogP contribution in [0, 0.1) is 5.41 Å². The van der Waals surface area contributed by atoms with Crippen LogP contribution in [0.5, 0.6) is 0 Å². The molecule has 0 saturated heterocycles. The maximum Gasteiger partial charge on any atom is 0.154 e. The van der Waals surface area contributed by atoms with E-state index in [2.05, 4.69) is 200 Å². The molecule has 0 fully saturated rings. The zero-order valence-electron chi connectivity index (χ0n) is 37.3. The van der Waals surface area contributed by atoms with Crippen LogP contribution >= 0.6 is 0 Å². The van der Waals surface area contributed by atoms with Crippen LogP contribution in [0.15, 0.2) is 242 Å². The summed E-state index contributed by atoms with van der Waals surface area (Å²) >= 11 is 0. The van der Waals surface area contributed by atoms with Crippen molar-refractivity contribution in [3.05, 3.63) is 248 Å². The summed E-state index contributed by atoms with van der Waals surface area (Å²) in [5.41, 5.74) is 17.6. The predicted octanol–water partition coefficient (Wildman–Crippen LogP) is 15.1. The normalized spacial score (nSPS) is 12.2. The van der Waals surface area contributed by atoms with Gasteiger partial charge in [0.2, 0.25) is 0 Å². The molecule has 4 aromatic heterocycles. The lowest BCUT2D eigenvalue weighted by Gasteiger charge is -2.15. The molecule has 2 N–H and O–H groups in total. The van der Waals surface area contributed by atoms with E-state index >= 15 is 0 Å². The van der Waals surface area contributed by atoms with Crippen molar-refractivity contribution in [3.63, 3.8) is 0 Å². The van der Waals surface area contributed by atoms with Gasteiger partial charge in [-0.25, -0.2) is 4.99 Å². The van der Waals surface area contributed by atoms with Crippen molar-refractivity contribution in [3.8, 4) is 17.1 Å². The topological polar surface area (TPSA) is 68.0 Å². The van der Waals surface area contributed by atoms with Gasteiger partial charge in [-0.05, 0) is 72.8 Å². The molecule has 0 bridgehead atoms. The van der Waals surface area contributed by atoms with Crippen LogP contribution in [0.25, 0.3) is 104 Å². The Morgan fingerprint density at radius 1 is 0.333 bits per heavy atom. The van der Waals surface area contributed by atoms with Gasteiger partial charge in [0, 0.05) is 71.3 Å². The number of para-hydroxylation sites is 5. The van der Waals surface area contributed by atoms with E-state index in [1.54, 1.807) is 0 Å². The van der Waals surface area contributed by atoms with Gasteiger partial charge in [0.15, 0.2) is 11.7 Å². The molecule has 10 aromatic carbocycles. The van der Waals surface area contributed by atoms with Crippen LogP contribution in [0.1, 0.15) is 11.1 Å². The predicted molar refractivity (Wildman–Crippen MR) is 288 cm³/mol. The molecule has 4 heterocycles. The van der Waals surface area contributed by atoms with Gasteiger partial charge in [0.25, 0.3) is 0 Å². The van der Waals surface area contributed by atoms with Crippen LogP contribution in [0.3, 0.4) is 0 Å². The molecule has 0 aliphatic carbocycles. The smallest absolute Gasteiger partial charge is 0.154 e. The van der Waals surface area contributed by atoms with E-state index in [0.717, 1.165) is 77.3 Å². The average Bonchev–Trinajstić information content (AvgIpc) is 4.13. The number of amidine groups is 2. The van der Waals surface area contributed by atoms with Crippen molar-refractivity contribution in [2.24, 2.45) is 4.99 Å². The van der Waals surface area contributed by atoms with Gasteiger partial charge in [0.05, 0.1) is 44.1 Å².